The molecule has 100 valence electrons. The number of rotatable bonds is 6. The van der Waals surface area contributed by atoms with Crippen LogP contribution in [0.4, 0.5) is 0 Å². The van der Waals surface area contributed by atoms with E-state index in [1.165, 1.54) is 0 Å². The van der Waals surface area contributed by atoms with Gasteiger partial charge in [0.15, 0.2) is 0 Å². The van der Waals surface area contributed by atoms with Gasteiger partial charge in [0.2, 0.25) is 0 Å². The standard InChI is InChI=1S/C13H18ClNO3/c1-13(2,12(16)17)8-18-11-4-3-9(5-6-15)7-10(11)14/h3-4,7H,5-6,8,15H2,1-2H3,(H,16,17). The first-order valence-electron chi connectivity index (χ1n) is 5.71. The van der Waals surface area contributed by atoms with Crippen LogP contribution in [0.1, 0.15) is 19.4 Å². The molecule has 1 rings (SSSR count). The summed E-state index contributed by atoms with van der Waals surface area (Å²) in [4.78, 5) is 10.9. The molecule has 0 spiro atoms. The maximum absolute atomic E-state index is 10.9. The zero-order chi connectivity index (χ0) is 13.8. The van der Waals surface area contributed by atoms with E-state index in [-0.39, 0.29) is 6.61 Å². The molecule has 0 aromatic heterocycles. The fourth-order valence-corrected chi connectivity index (χ4v) is 1.56. The molecule has 5 heteroatoms. The van der Waals surface area contributed by atoms with Gasteiger partial charge in [-0.1, -0.05) is 17.7 Å². The number of hydrogen-bond donors (Lipinski definition) is 2. The lowest BCUT2D eigenvalue weighted by molar-refractivity contribution is -0.148. The number of hydrogen-bond acceptors (Lipinski definition) is 3. The normalized spacial score (nSPS) is 11.3. The van der Waals surface area contributed by atoms with E-state index in [0.29, 0.717) is 17.3 Å². The molecule has 0 heterocycles. The zero-order valence-corrected chi connectivity index (χ0v) is 11.3. The van der Waals surface area contributed by atoms with E-state index in [2.05, 4.69) is 0 Å². The Morgan fingerprint density at radius 1 is 1.50 bits per heavy atom. The van der Waals surface area contributed by atoms with Gasteiger partial charge in [0.05, 0.1) is 10.4 Å². The van der Waals surface area contributed by atoms with E-state index in [1.54, 1.807) is 26.0 Å². The summed E-state index contributed by atoms with van der Waals surface area (Å²) in [5, 5.41) is 9.45. The van der Waals surface area contributed by atoms with Gasteiger partial charge in [0.1, 0.15) is 12.4 Å². The molecule has 1 aromatic rings. The second-order valence-corrected chi connectivity index (χ2v) is 5.19. The summed E-state index contributed by atoms with van der Waals surface area (Å²) in [6, 6.07) is 5.41. The molecule has 0 amide bonds. The van der Waals surface area contributed by atoms with Gasteiger partial charge >= 0.3 is 5.97 Å². The predicted octanol–water partition coefficient (Wildman–Crippen LogP) is 2.33. The molecular formula is C13H18ClNO3. The van der Waals surface area contributed by atoms with Crippen molar-refractivity contribution in [3.63, 3.8) is 0 Å². The fourth-order valence-electron chi connectivity index (χ4n) is 1.30. The first-order valence-corrected chi connectivity index (χ1v) is 6.09. The second-order valence-electron chi connectivity index (χ2n) is 4.78. The minimum Gasteiger partial charge on any atom is -0.491 e. The molecule has 0 bridgehead atoms. The molecule has 0 saturated heterocycles. The molecule has 1 aromatic carbocycles. The first kappa shape index (κ1) is 14.8. The quantitative estimate of drug-likeness (QED) is 0.833. The molecule has 3 N–H and O–H groups in total. The Balaban J connectivity index is 2.71. The van der Waals surface area contributed by atoms with Crippen molar-refractivity contribution in [3.05, 3.63) is 28.8 Å². The largest absolute Gasteiger partial charge is 0.491 e. The van der Waals surface area contributed by atoms with Crippen LogP contribution in [0.5, 0.6) is 5.75 Å². The molecule has 0 unspecified atom stereocenters. The second kappa shape index (κ2) is 6.07. The van der Waals surface area contributed by atoms with Crippen molar-refractivity contribution < 1.29 is 14.6 Å². The summed E-state index contributed by atoms with van der Waals surface area (Å²) in [7, 11) is 0. The van der Waals surface area contributed by atoms with Crippen molar-refractivity contribution in [2.24, 2.45) is 11.1 Å². The molecule has 0 aliphatic heterocycles. The highest BCUT2D eigenvalue weighted by atomic mass is 35.5. The highest BCUT2D eigenvalue weighted by Crippen LogP contribution is 2.27. The van der Waals surface area contributed by atoms with Crippen LogP contribution in [0, 0.1) is 5.41 Å². The van der Waals surface area contributed by atoms with Gasteiger partial charge in [-0.25, -0.2) is 0 Å². The number of benzene rings is 1. The summed E-state index contributed by atoms with van der Waals surface area (Å²) < 4.78 is 5.45. The predicted molar refractivity (Wildman–Crippen MR) is 71.1 cm³/mol. The Hall–Kier alpha value is -1.26. The maximum atomic E-state index is 10.9. The molecule has 0 aliphatic carbocycles. The van der Waals surface area contributed by atoms with Gasteiger partial charge in [0.25, 0.3) is 0 Å². The molecule has 0 atom stereocenters. The number of halogens is 1. The Morgan fingerprint density at radius 3 is 2.67 bits per heavy atom. The summed E-state index contributed by atoms with van der Waals surface area (Å²) in [5.74, 6) is -0.412. The fraction of sp³-hybridized carbons (Fsp3) is 0.462. The molecule has 0 fully saturated rings. The first-order chi connectivity index (χ1) is 8.36. The van der Waals surface area contributed by atoms with Crippen molar-refractivity contribution in [3.8, 4) is 5.75 Å². The molecule has 18 heavy (non-hydrogen) atoms. The van der Waals surface area contributed by atoms with Crippen molar-refractivity contribution in [2.75, 3.05) is 13.2 Å². The smallest absolute Gasteiger partial charge is 0.312 e. The van der Waals surface area contributed by atoms with Gasteiger partial charge < -0.3 is 15.6 Å². The van der Waals surface area contributed by atoms with E-state index in [1.807, 2.05) is 6.07 Å². The summed E-state index contributed by atoms with van der Waals surface area (Å²) in [6.07, 6.45) is 0.751. The number of nitrogens with two attached hydrogens (primary N) is 1. The Bertz CT molecular complexity index is 432. The lowest BCUT2D eigenvalue weighted by Crippen LogP contribution is -2.30. The third kappa shape index (κ3) is 3.89. The topological polar surface area (TPSA) is 72.5 Å². The van der Waals surface area contributed by atoms with E-state index in [0.717, 1.165) is 12.0 Å². The lowest BCUT2D eigenvalue weighted by Gasteiger charge is -2.20. The van der Waals surface area contributed by atoms with Crippen molar-refractivity contribution in [1.29, 1.82) is 0 Å². The Labute approximate surface area is 112 Å². The summed E-state index contributed by atoms with van der Waals surface area (Å²) in [6.45, 7) is 3.83. The summed E-state index contributed by atoms with van der Waals surface area (Å²) in [5.41, 5.74) is 5.55. The average molecular weight is 272 g/mol. The summed E-state index contributed by atoms with van der Waals surface area (Å²) >= 11 is 6.06. The van der Waals surface area contributed by atoms with Crippen LogP contribution in [-0.2, 0) is 11.2 Å². The number of carboxylic acid groups (broad SMARTS) is 1. The van der Waals surface area contributed by atoms with Gasteiger partial charge in [-0.15, -0.1) is 0 Å². The number of carboxylic acids is 1. The van der Waals surface area contributed by atoms with Crippen LogP contribution in [0.15, 0.2) is 18.2 Å². The monoisotopic (exact) mass is 271 g/mol. The Kier molecular flexibility index (Phi) is 4.99. The third-order valence-corrected chi connectivity index (χ3v) is 2.89. The van der Waals surface area contributed by atoms with Crippen LogP contribution in [-0.4, -0.2) is 24.2 Å². The van der Waals surface area contributed by atoms with E-state index < -0.39 is 11.4 Å². The maximum Gasteiger partial charge on any atom is 0.312 e. The number of carbonyl (C=O) groups is 1. The van der Waals surface area contributed by atoms with Crippen molar-refractivity contribution in [2.45, 2.75) is 20.3 Å². The average Bonchev–Trinajstić information content (AvgIpc) is 2.28. The van der Waals surface area contributed by atoms with E-state index >= 15 is 0 Å². The molecule has 0 radical (unpaired) electrons. The SMILES string of the molecule is CC(C)(COc1ccc(CCN)cc1Cl)C(=O)O. The van der Waals surface area contributed by atoms with Gasteiger partial charge in [-0.2, -0.15) is 0 Å². The van der Waals surface area contributed by atoms with Gasteiger partial charge in [-0.05, 0) is 44.5 Å². The highest BCUT2D eigenvalue weighted by molar-refractivity contribution is 6.32. The van der Waals surface area contributed by atoms with E-state index in [4.69, 9.17) is 27.2 Å². The van der Waals surface area contributed by atoms with Crippen molar-refractivity contribution >= 4 is 17.6 Å². The zero-order valence-electron chi connectivity index (χ0n) is 10.6. The molecular weight excluding hydrogens is 254 g/mol. The van der Waals surface area contributed by atoms with Gasteiger partial charge in [-0.3, -0.25) is 4.79 Å². The minimum absolute atomic E-state index is 0.0677. The van der Waals surface area contributed by atoms with Crippen LogP contribution in [0.3, 0.4) is 0 Å². The minimum atomic E-state index is -0.945. The third-order valence-electron chi connectivity index (χ3n) is 2.60. The van der Waals surface area contributed by atoms with Gasteiger partial charge in [0, 0.05) is 0 Å². The lowest BCUT2D eigenvalue weighted by atomic mass is 9.95. The number of ether oxygens (including phenoxy) is 1. The van der Waals surface area contributed by atoms with Crippen LogP contribution < -0.4 is 10.5 Å². The van der Waals surface area contributed by atoms with Crippen LogP contribution in [0.2, 0.25) is 5.02 Å². The van der Waals surface area contributed by atoms with Crippen LogP contribution in [0.25, 0.3) is 0 Å². The highest BCUT2D eigenvalue weighted by Gasteiger charge is 2.28. The van der Waals surface area contributed by atoms with Crippen molar-refractivity contribution in [1.82, 2.24) is 0 Å². The molecule has 0 aliphatic rings. The Morgan fingerprint density at radius 2 is 2.17 bits per heavy atom. The number of aliphatic carboxylic acids is 1. The molecule has 0 saturated carbocycles. The van der Waals surface area contributed by atoms with Crippen LogP contribution >= 0.6 is 11.6 Å². The molecule has 4 nitrogen and oxygen atoms in total. The van der Waals surface area contributed by atoms with E-state index in [9.17, 15) is 4.79 Å².